The highest BCUT2D eigenvalue weighted by Crippen LogP contribution is 2.35. The van der Waals surface area contributed by atoms with Crippen molar-refractivity contribution in [2.75, 3.05) is 0 Å². The van der Waals surface area contributed by atoms with Crippen LogP contribution in [-0.2, 0) is 7.05 Å². The Balaban J connectivity index is 1.64. The number of nitrogens with zero attached hydrogens (tertiary/aromatic N) is 2. The van der Waals surface area contributed by atoms with Crippen molar-refractivity contribution in [1.29, 1.82) is 0 Å². The van der Waals surface area contributed by atoms with Crippen molar-refractivity contribution < 1.29 is 9.53 Å². The second kappa shape index (κ2) is 9.13. The quantitative estimate of drug-likeness (QED) is 0.297. The van der Waals surface area contributed by atoms with Crippen molar-refractivity contribution in [2.45, 2.75) is 0 Å². The first-order valence-corrected chi connectivity index (χ1v) is 10.3. The maximum Gasteiger partial charge on any atom is 0.288 e. The van der Waals surface area contributed by atoms with Crippen LogP contribution < -0.4 is 10.2 Å². The summed E-state index contributed by atoms with van der Waals surface area (Å²) in [5, 5.41) is 4.85. The summed E-state index contributed by atoms with van der Waals surface area (Å²) >= 11 is 19.0. The number of amides is 1. The summed E-state index contributed by atoms with van der Waals surface area (Å²) < 4.78 is 9.01. The van der Waals surface area contributed by atoms with Crippen LogP contribution in [0.5, 0.6) is 11.5 Å². The van der Waals surface area contributed by atoms with E-state index in [4.69, 9.17) is 27.9 Å². The molecule has 0 aliphatic heterocycles. The molecule has 3 rings (SSSR count). The Bertz CT molecular complexity index is 1030. The van der Waals surface area contributed by atoms with E-state index >= 15 is 0 Å². The third-order valence-corrected chi connectivity index (χ3v) is 6.44. The molecule has 0 aliphatic carbocycles. The molecule has 5 nitrogen and oxygen atoms in total. The molecule has 3 aromatic rings. The van der Waals surface area contributed by atoms with Crippen molar-refractivity contribution in [1.82, 2.24) is 9.99 Å². The van der Waals surface area contributed by atoms with Gasteiger partial charge in [0.1, 0.15) is 11.4 Å². The van der Waals surface area contributed by atoms with Gasteiger partial charge in [-0.1, -0.05) is 29.3 Å². The van der Waals surface area contributed by atoms with Crippen LogP contribution in [0.3, 0.4) is 0 Å². The fraction of sp³-hybridized carbons (Fsp3) is 0.0526. The molecule has 0 atom stereocenters. The van der Waals surface area contributed by atoms with Crippen LogP contribution in [0, 0.1) is 0 Å². The van der Waals surface area contributed by atoms with Crippen molar-refractivity contribution in [3.8, 4) is 11.5 Å². The van der Waals surface area contributed by atoms with Gasteiger partial charge in [-0.3, -0.25) is 4.79 Å². The van der Waals surface area contributed by atoms with E-state index in [9.17, 15) is 4.79 Å². The molecule has 0 spiro atoms. The molecule has 1 aromatic heterocycles. The number of carbonyl (C=O) groups excluding carboxylic acids is 1. The number of aromatic nitrogens is 1. The Kier molecular flexibility index (Phi) is 6.82. The number of carbonyl (C=O) groups is 1. The first kappa shape index (κ1) is 20.9. The lowest BCUT2D eigenvalue weighted by molar-refractivity contribution is 0.0947. The Hall–Kier alpha value is -1.80. The van der Waals surface area contributed by atoms with Gasteiger partial charge in [-0.15, -0.1) is 0 Å². The van der Waals surface area contributed by atoms with E-state index in [1.54, 1.807) is 60.1 Å². The van der Waals surface area contributed by atoms with Crippen LogP contribution in [0.25, 0.3) is 0 Å². The third-order valence-electron chi connectivity index (χ3n) is 3.75. The van der Waals surface area contributed by atoms with Crippen LogP contribution >= 0.6 is 55.1 Å². The predicted octanol–water partition coefficient (Wildman–Crippen LogP) is 6.41. The molecule has 0 bridgehead atoms. The van der Waals surface area contributed by atoms with E-state index in [0.29, 0.717) is 27.2 Å². The summed E-state index contributed by atoms with van der Waals surface area (Å²) in [5.74, 6) is 0.660. The van der Waals surface area contributed by atoms with E-state index in [1.165, 1.54) is 6.21 Å². The molecular weight excluding hydrogens is 533 g/mol. The molecule has 144 valence electrons. The van der Waals surface area contributed by atoms with Gasteiger partial charge in [-0.25, -0.2) is 5.43 Å². The van der Waals surface area contributed by atoms with E-state index in [0.717, 1.165) is 14.6 Å². The van der Waals surface area contributed by atoms with Crippen molar-refractivity contribution in [3.63, 3.8) is 0 Å². The number of nitrogens with one attached hydrogen (secondary N) is 1. The minimum absolute atomic E-state index is 0.321. The van der Waals surface area contributed by atoms with Crippen LogP contribution in [0.1, 0.15) is 16.1 Å². The molecule has 28 heavy (non-hydrogen) atoms. The van der Waals surface area contributed by atoms with Crippen LogP contribution in [0.15, 0.2) is 62.7 Å². The van der Waals surface area contributed by atoms with Gasteiger partial charge in [0.15, 0.2) is 5.75 Å². The highest BCUT2D eigenvalue weighted by molar-refractivity contribution is 9.13. The van der Waals surface area contributed by atoms with Crippen LogP contribution in [-0.4, -0.2) is 16.7 Å². The highest BCUT2D eigenvalue weighted by Gasteiger charge is 2.14. The Morgan fingerprint density at radius 3 is 2.36 bits per heavy atom. The third kappa shape index (κ3) is 4.78. The largest absolute Gasteiger partial charge is 0.454 e. The summed E-state index contributed by atoms with van der Waals surface area (Å²) in [7, 11) is 1.78. The zero-order chi connectivity index (χ0) is 20.3. The Morgan fingerprint density at radius 2 is 1.79 bits per heavy atom. The lowest BCUT2D eigenvalue weighted by atomic mass is 10.2. The zero-order valence-electron chi connectivity index (χ0n) is 14.4. The van der Waals surface area contributed by atoms with Crippen molar-refractivity contribution >= 4 is 67.2 Å². The first-order valence-electron chi connectivity index (χ1n) is 7.93. The smallest absolute Gasteiger partial charge is 0.288 e. The number of ether oxygens (including phenoxy) is 1. The van der Waals surface area contributed by atoms with Crippen LogP contribution in [0.2, 0.25) is 10.0 Å². The number of rotatable bonds is 5. The molecule has 1 N–H and O–H groups in total. The van der Waals surface area contributed by atoms with E-state index < -0.39 is 0 Å². The SMILES string of the molecule is Cn1c(C(=O)N/N=C/c2ccc(Oc3c(Cl)cccc3Cl)cc2)cc(Br)c1Br. The molecule has 0 unspecified atom stereocenters. The lowest BCUT2D eigenvalue weighted by Crippen LogP contribution is -2.20. The van der Waals surface area contributed by atoms with Gasteiger partial charge >= 0.3 is 0 Å². The summed E-state index contributed by atoms with van der Waals surface area (Å²) in [5.41, 5.74) is 3.75. The second-order valence-corrected chi connectivity index (χ2v) is 8.07. The van der Waals surface area contributed by atoms with E-state index in [-0.39, 0.29) is 5.91 Å². The minimum Gasteiger partial charge on any atom is -0.454 e. The van der Waals surface area contributed by atoms with Crippen molar-refractivity contribution in [2.24, 2.45) is 12.1 Å². The molecule has 2 aromatic carbocycles. The average Bonchev–Trinajstić information content (AvgIpc) is 2.93. The fourth-order valence-corrected chi connectivity index (χ4v) is 3.57. The van der Waals surface area contributed by atoms with Crippen LogP contribution in [0.4, 0.5) is 0 Å². The van der Waals surface area contributed by atoms with Gasteiger partial charge in [0.2, 0.25) is 0 Å². The van der Waals surface area contributed by atoms with Gasteiger partial charge in [-0.2, -0.15) is 5.10 Å². The topological polar surface area (TPSA) is 55.6 Å². The van der Waals surface area contributed by atoms with E-state index in [1.807, 2.05) is 0 Å². The standard InChI is InChI=1S/C19H13Br2Cl2N3O2/c1-26-16(9-13(20)18(26)21)19(27)25-24-10-11-5-7-12(8-6-11)28-17-14(22)3-2-4-15(17)23/h2-10H,1H3,(H,25,27)/b24-10+. The summed E-state index contributed by atoms with van der Waals surface area (Å²) in [6.07, 6.45) is 1.54. The molecule has 0 aliphatic rings. The number of halogens is 4. The Morgan fingerprint density at radius 1 is 1.14 bits per heavy atom. The number of hydrogen-bond acceptors (Lipinski definition) is 3. The van der Waals surface area contributed by atoms with Gasteiger partial charge in [-0.05, 0) is 79.9 Å². The molecule has 0 radical (unpaired) electrons. The number of benzene rings is 2. The van der Waals surface area contributed by atoms with Gasteiger partial charge in [0.25, 0.3) is 5.91 Å². The number of hydrazone groups is 1. The highest BCUT2D eigenvalue weighted by atomic mass is 79.9. The lowest BCUT2D eigenvalue weighted by Gasteiger charge is -2.09. The average molecular weight is 546 g/mol. The normalized spacial score (nSPS) is 11.0. The monoisotopic (exact) mass is 543 g/mol. The summed E-state index contributed by atoms with van der Waals surface area (Å²) in [6.45, 7) is 0. The minimum atomic E-state index is -0.321. The molecule has 1 amide bonds. The summed E-state index contributed by atoms with van der Waals surface area (Å²) in [4.78, 5) is 12.2. The molecule has 0 saturated heterocycles. The van der Waals surface area contributed by atoms with Gasteiger partial charge in [0, 0.05) is 7.05 Å². The first-order chi connectivity index (χ1) is 13.4. The molecular formula is C19H13Br2Cl2N3O2. The Labute approximate surface area is 188 Å². The van der Waals surface area contributed by atoms with Gasteiger partial charge in [0.05, 0.1) is 25.3 Å². The zero-order valence-corrected chi connectivity index (χ0v) is 19.1. The maximum absolute atomic E-state index is 12.2. The molecule has 1 heterocycles. The molecule has 0 fully saturated rings. The van der Waals surface area contributed by atoms with Gasteiger partial charge < -0.3 is 9.30 Å². The van der Waals surface area contributed by atoms with E-state index in [2.05, 4.69) is 42.4 Å². The fourth-order valence-electron chi connectivity index (χ4n) is 2.30. The summed E-state index contributed by atoms with van der Waals surface area (Å²) in [6, 6.07) is 14.0. The number of para-hydroxylation sites is 1. The molecule has 9 heteroatoms. The van der Waals surface area contributed by atoms with Crippen molar-refractivity contribution in [3.05, 3.63) is 78.9 Å². The predicted molar refractivity (Wildman–Crippen MR) is 119 cm³/mol. The number of hydrogen-bond donors (Lipinski definition) is 1. The molecule has 0 saturated carbocycles. The maximum atomic E-state index is 12.2. The second-order valence-electron chi connectivity index (χ2n) is 5.65.